The summed E-state index contributed by atoms with van der Waals surface area (Å²) in [5, 5.41) is 6.91. The van der Waals surface area contributed by atoms with E-state index in [2.05, 4.69) is 15.6 Å². The van der Waals surface area contributed by atoms with Gasteiger partial charge in [-0.2, -0.15) is 0 Å². The van der Waals surface area contributed by atoms with Crippen LogP contribution in [0, 0.1) is 5.41 Å². The van der Waals surface area contributed by atoms with Crippen LogP contribution in [0.15, 0.2) is 82.4 Å². The SMILES string of the molecule is CN(C)C(CNC(=O)c1ccc(NC2=NCC34CC(=O)CCN(Cl)C3=CC=CC4=N2)cc1)c1ccccc1Cl. The number of likely N-dealkylation sites (N-methyl/N-ethyl adjacent to an activating group) is 1. The van der Waals surface area contributed by atoms with Gasteiger partial charge in [0.15, 0.2) is 0 Å². The normalized spacial score (nSPS) is 21.2. The fourth-order valence-electron chi connectivity index (χ4n) is 5.17. The van der Waals surface area contributed by atoms with Crippen LogP contribution in [0.1, 0.15) is 34.8 Å². The molecule has 1 spiro atoms. The fraction of sp³-hybridized carbons (Fsp3) is 0.310. The van der Waals surface area contributed by atoms with E-state index in [0.29, 0.717) is 49.0 Å². The van der Waals surface area contributed by atoms with Crippen molar-refractivity contribution in [3.05, 3.63) is 88.6 Å². The van der Waals surface area contributed by atoms with Crippen LogP contribution in [0.25, 0.3) is 0 Å². The predicted octanol–water partition coefficient (Wildman–Crippen LogP) is 4.85. The maximum Gasteiger partial charge on any atom is 0.251 e. The van der Waals surface area contributed by atoms with Crippen molar-refractivity contribution in [2.24, 2.45) is 15.4 Å². The quantitative estimate of drug-likeness (QED) is 0.489. The Bertz CT molecular complexity index is 1400. The first-order valence-corrected chi connectivity index (χ1v) is 13.5. The van der Waals surface area contributed by atoms with Crippen LogP contribution in [0.4, 0.5) is 5.69 Å². The maximum absolute atomic E-state index is 12.9. The Balaban J connectivity index is 1.24. The summed E-state index contributed by atoms with van der Waals surface area (Å²) in [6.45, 7) is 1.26. The van der Waals surface area contributed by atoms with Gasteiger partial charge >= 0.3 is 0 Å². The van der Waals surface area contributed by atoms with Gasteiger partial charge < -0.3 is 15.5 Å². The van der Waals surface area contributed by atoms with E-state index in [9.17, 15) is 9.59 Å². The van der Waals surface area contributed by atoms with Crippen molar-refractivity contribution in [3.8, 4) is 0 Å². The number of hydrogen-bond donors (Lipinski definition) is 2. The molecule has 2 aliphatic heterocycles. The molecule has 39 heavy (non-hydrogen) atoms. The van der Waals surface area contributed by atoms with Gasteiger partial charge in [-0.05, 0) is 62.1 Å². The van der Waals surface area contributed by atoms with E-state index >= 15 is 0 Å². The maximum atomic E-state index is 12.9. The standard InChI is InChI=1S/C29H30Cl2N6O2/c1-36(2)24(22-6-3-4-7-23(22)30)17-32-27(39)19-10-12-20(13-11-19)34-28-33-18-29-16-21(38)14-15-37(31)26(29)9-5-8-25(29)35-28/h3-13,24H,14-18H2,1-2H3,(H,32,39)(H,33,34). The molecule has 2 N–H and O–H groups in total. The van der Waals surface area contributed by atoms with Crippen molar-refractivity contribution in [3.63, 3.8) is 0 Å². The number of aliphatic imine (C=N–C) groups is 2. The fourth-order valence-corrected chi connectivity index (χ4v) is 5.74. The van der Waals surface area contributed by atoms with E-state index in [1.807, 2.05) is 73.6 Å². The predicted molar refractivity (Wildman–Crippen MR) is 156 cm³/mol. The molecular weight excluding hydrogens is 535 g/mol. The van der Waals surface area contributed by atoms with Crippen LogP contribution < -0.4 is 10.6 Å². The van der Waals surface area contributed by atoms with E-state index in [1.54, 1.807) is 16.6 Å². The third-order valence-corrected chi connectivity index (χ3v) is 8.00. The highest BCUT2D eigenvalue weighted by molar-refractivity contribution is 6.31. The van der Waals surface area contributed by atoms with E-state index in [0.717, 1.165) is 22.7 Å². The number of carbonyl (C=O) groups is 2. The third kappa shape index (κ3) is 5.64. The number of carbonyl (C=O) groups excluding carboxylic acids is 2. The molecule has 202 valence electrons. The molecule has 1 saturated heterocycles. The number of anilines is 1. The Morgan fingerprint density at radius 3 is 2.69 bits per heavy atom. The zero-order chi connectivity index (χ0) is 27.6. The minimum atomic E-state index is -0.633. The molecule has 5 rings (SSSR count). The lowest BCUT2D eigenvalue weighted by Crippen LogP contribution is -2.44. The van der Waals surface area contributed by atoms with Gasteiger partial charge in [0.1, 0.15) is 5.78 Å². The average molecular weight is 566 g/mol. The van der Waals surface area contributed by atoms with Gasteiger partial charge in [-0.3, -0.25) is 14.0 Å². The summed E-state index contributed by atoms with van der Waals surface area (Å²) >= 11 is 12.9. The molecule has 1 aliphatic carbocycles. The lowest BCUT2D eigenvalue weighted by Gasteiger charge is -2.39. The Labute approximate surface area is 238 Å². The summed E-state index contributed by atoms with van der Waals surface area (Å²) < 4.78 is 1.62. The molecule has 2 aromatic carbocycles. The largest absolute Gasteiger partial charge is 0.350 e. The highest BCUT2D eigenvalue weighted by Gasteiger charge is 2.47. The number of halogens is 2. The number of guanidine groups is 1. The van der Waals surface area contributed by atoms with Crippen molar-refractivity contribution < 1.29 is 9.59 Å². The summed E-state index contributed by atoms with van der Waals surface area (Å²) in [4.78, 5) is 36.8. The third-order valence-electron chi connectivity index (χ3n) is 7.31. The van der Waals surface area contributed by atoms with E-state index in [1.165, 1.54) is 0 Å². The number of hydrogen-bond acceptors (Lipinski definition) is 7. The van der Waals surface area contributed by atoms with Gasteiger partial charge in [-0.1, -0.05) is 35.9 Å². The van der Waals surface area contributed by atoms with Gasteiger partial charge in [-0.15, -0.1) is 0 Å². The first-order chi connectivity index (χ1) is 18.8. The van der Waals surface area contributed by atoms with Crippen molar-refractivity contribution >= 4 is 52.4 Å². The summed E-state index contributed by atoms with van der Waals surface area (Å²) in [6.07, 6.45) is 6.50. The molecule has 0 bridgehead atoms. The molecule has 1 amide bonds. The lowest BCUT2D eigenvalue weighted by atomic mass is 9.72. The minimum Gasteiger partial charge on any atom is -0.350 e. The van der Waals surface area contributed by atoms with E-state index < -0.39 is 5.41 Å². The zero-order valence-corrected chi connectivity index (χ0v) is 23.3. The van der Waals surface area contributed by atoms with E-state index in [4.69, 9.17) is 28.4 Å². The highest BCUT2D eigenvalue weighted by Crippen LogP contribution is 2.43. The molecule has 0 saturated carbocycles. The number of amides is 1. The zero-order valence-electron chi connectivity index (χ0n) is 21.8. The molecule has 2 heterocycles. The summed E-state index contributed by atoms with van der Waals surface area (Å²) in [7, 11) is 3.92. The number of allylic oxidation sites excluding steroid dienone is 3. The van der Waals surface area contributed by atoms with Gasteiger partial charge in [-0.25, -0.2) is 9.98 Å². The van der Waals surface area contributed by atoms with Crippen LogP contribution >= 0.6 is 23.4 Å². The van der Waals surface area contributed by atoms with Crippen LogP contribution in [0.2, 0.25) is 5.02 Å². The van der Waals surface area contributed by atoms with Gasteiger partial charge in [0.25, 0.3) is 5.91 Å². The molecule has 3 aliphatic rings. The summed E-state index contributed by atoms with van der Waals surface area (Å²) in [6, 6.07) is 14.7. The monoisotopic (exact) mass is 564 g/mol. The van der Waals surface area contributed by atoms with Gasteiger partial charge in [0.2, 0.25) is 5.96 Å². The highest BCUT2D eigenvalue weighted by atomic mass is 35.5. The van der Waals surface area contributed by atoms with E-state index in [-0.39, 0.29) is 17.7 Å². The molecule has 2 unspecified atom stereocenters. The van der Waals surface area contributed by atoms with Crippen molar-refractivity contribution in [2.45, 2.75) is 18.9 Å². The number of ketones is 1. The number of nitrogens with zero attached hydrogens (tertiary/aromatic N) is 4. The Morgan fingerprint density at radius 2 is 1.95 bits per heavy atom. The average Bonchev–Trinajstić information content (AvgIpc) is 3.05. The van der Waals surface area contributed by atoms with Crippen LogP contribution in [-0.2, 0) is 4.79 Å². The number of rotatable bonds is 6. The first kappa shape index (κ1) is 27.1. The molecule has 10 heteroatoms. The Morgan fingerprint density at radius 1 is 1.18 bits per heavy atom. The summed E-state index contributed by atoms with van der Waals surface area (Å²) in [5.74, 6) is 0.425. The Hall–Kier alpha value is -3.46. The molecule has 2 atom stereocenters. The van der Waals surface area contributed by atoms with Crippen LogP contribution in [0.3, 0.4) is 0 Å². The summed E-state index contributed by atoms with van der Waals surface area (Å²) in [5.41, 5.74) is 3.24. The smallest absolute Gasteiger partial charge is 0.251 e. The molecule has 2 aromatic rings. The molecule has 8 nitrogen and oxygen atoms in total. The van der Waals surface area contributed by atoms with Gasteiger partial charge in [0, 0.05) is 59.7 Å². The first-order valence-electron chi connectivity index (χ1n) is 12.8. The Kier molecular flexibility index (Phi) is 7.88. The topological polar surface area (TPSA) is 89.4 Å². The second kappa shape index (κ2) is 11.3. The van der Waals surface area contributed by atoms with Crippen molar-refractivity contribution in [1.82, 2.24) is 14.6 Å². The molecule has 0 aromatic heterocycles. The van der Waals surface area contributed by atoms with Crippen LogP contribution in [0.5, 0.6) is 0 Å². The van der Waals surface area contributed by atoms with Crippen molar-refractivity contribution in [2.75, 3.05) is 39.0 Å². The molecule has 1 fully saturated rings. The minimum absolute atomic E-state index is 0.0610. The second-order valence-corrected chi connectivity index (χ2v) is 10.9. The number of Topliss-reactive ketones (excluding diaryl/α,β-unsaturated/α-hetero) is 1. The second-order valence-electron chi connectivity index (χ2n) is 10.1. The number of nitrogens with one attached hydrogen (secondary N) is 2. The number of benzene rings is 2. The van der Waals surface area contributed by atoms with Crippen LogP contribution in [-0.4, -0.2) is 66.4 Å². The lowest BCUT2D eigenvalue weighted by molar-refractivity contribution is -0.119. The van der Waals surface area contributed by atoms with Gasteiger partial charge in [0.05, 0.1) is 23.7 Å². The molecular formula is C29H30Cl2N6O2. The van der Waals surface area contributed by atoms with Crippen molar-refractivity contribution in [1.29, 1.82) is 0 Å². The molecule has 0 radical (unpaired) electrons.